The lowest BCUT2D eigenvalue weighted by Gasteiger charge is -2.41. The third-order valence-electron chi connectivity index (χ3n) is 4.74. The quantitative estimate of drug-likeness (QED) is 0.367. The van der Waals surface area contributed by atoms with Gasteiger partial charge in [-0.1, -0.05) is 30.3 Å². The second kappa shape index (κ2) is 6.28. The van der Waals surface area contributed by atoms with E-state index >= 15 is 0 Å². The van der Waals surface area contributed by atoms with E-state index in [1.807, 2.05) is 0 Å². The van der Waals surface area contributed by atoms with Crippen LogP contribution in [-0.4, -0.2) is 62.1 Å². The van der Waals surface area contributed by atoms with E-state index in [9.17, 15) is 26.4 Å². The van der Waals surface area contributed by atoms with Gasteiger partial charge in [-0.05, 0) is 19.4 Å². The van der Waals surface area contributed by atoms with Gasteiger partial charge in [-0.15, -0.1) is 0 Å². The summed E-state index contributed by atoms with van der Waals surface area (Å²) in [6.07, 6.45) is -0.961. The first-order valence-corrected chi connectivity index (χ1v) is 11.4. The third kappa shape index (κ3) is 3.13. The molecule has 3 rings (SSSR count). The van der Waals surface area contributed by atoms with Crippen molar-refractivity contribution in [2.75, 3.05) is 6.26 Å². The monoisotopic (exact) mass is 417 g/mol. The molecule has 27 heavy (non-hydrogen) atoms. The summed E-state index contributed by atoms with van der Waals surface area (Å²) in [6.45, 7) is 2.53. The molecule has 2 aliphatic heterocycles. The summed E-state index contributed by atoms with van der Waals surface area (Å²) >= 11 is 0. The fourth-order valence-corrected chi connectivity index (χ4v) is 6.13. The molecule has 0 bridgehead atoms. The van der Waals surface area contributed by atoms with E-state index in [4.69, 9.17) is 4.74 Å². The minimum absolute atomic E-state index is 0.0811. The van der Waals surface area contributed by atoms with Gasteiger partial charge < -0.3 is 9.64 Å². The second-order valence-corrected chi connectivity index (χ2v) is 11.2. The third-order valence-corrected chi connectivity index (χ3v) is 8.10. The molecule has 0 aliphatic carbocycles. The Balaban J connectivity index is 1.86. The Morgan fingerprint density at radius 1 is 1.22 bits per heavy atom. The molecule has 0 unspecified atom stereocenters. The number of sulfone groups is 1. The van der Waals surface area contributed by atoms with Crippen molar-refractivity contribution >= 4 is 31.8 Å². The highest BCUT2D eigenvalue weighted by molar-refractivity contribution is 7.94. The Morgan fingerprint density at radius 2 is 1.81 bits per heavy atom. The normalized spacial score (nSPS) is 28.3. The summed E-state index contributed by atoms with van der Waals surface area (Å²) in [5.74, 6) is -1.75. The Morgan fingerprint density at radius 3 is 2.37 bits per heavy atom. The Kier molecular flexibility index (Phi) is 4.60. The van der Waals surface area contributed by atoms with E-state index in [0.29, 0.717) is 5.56 Å². The van der Waals surface area contributed by atoms with Crippen molar-refractivity contribution < 1.29 is 35.3 Å². The number of ether oxygens (including phenoxy) is 1. The number of carbonyl (C=O) groups is 2. The molecule has 2 heterocycles. The molecule has 2 aliphatic rings. The molecule has 2 saturated heterocycles. The van der Waals surface area contributed by atoms with Gasteiger partial charge >= 0.3 is 5.97 Å². The first-order chi connectivity index (χ1) is 12.4. The number of carbonyl (C=O) groups excluding carboxylic acids is 2. The molecule has 0 spiro atoms. The van der Waals surface area contributed by atoms with Gasteiger partial charge in [0.1, 0.15) is 17.4 Å². The summed E-state index contributed by atoms with van der Waals surface area (Å²) in [5.41, 5.74) is 0.703. The van der Waals surface area contributed by atoms with Crippen molar-refractivity contribution in [3.05, 3.63) is 35.9 Å². The van der Waals surface area contributed by atoms with E-state index < -0.39 is 54.1 Å². The minimum atomic E-state index is -4.08. The maximum atomic E-state index is 12.8. The molecule has 148 valence electrons. The number of esters is 1. The zero-order chi connectivity index (χ0) is 20.2. The maximum Gasteiger partial charge on any atom is 0.330 e. The molecule has 0 saturated carbocycles. The van der Waals surface area contributed by atoms with Gasteiger partial charge in [0.15, 0.2) is 21.3 Å². The molecule has 9 nitrogen and oxygen atoms in total. The molecule has 2 fully saturated rings. The lowest BCUT2D eigenvalue weighted by Crippen LogP contribution is -2.68. The fourth-order valence-electron chi connectivity index (χ4n) is 3.33. The summed E-state index contributed by atoms with van der Waals surface area (Å²) in [6, 6.07) is 7.39. The van der Waals surface area contributed by atoms with Crippen molar-refractivity contribution in [2.45, 2.75) is 42.7 Å². The zero-order valence-electron chi connectivity index (χ0n) is 14.9. The van der Waals surface area contributed by atoms with E-state index in [0.717, 1.165) is 11.2 Å². The number of amides is 1. The molecule has 0 N–H and O–H groups in total. The lowest BCUT2D eigenvalue weighted by molar-refractivity contribution is -0.170. The Bertz CT molecular complexity index is 985. The smallest absolute Gasteiger partial charge is 0.330 e. The molecule has 3 atom stereocenters. The van der Waals surface area contributed by atoms with Gasteiger partial charge in [-0.25, -0.2) is 13.2 Å². The van der Waals surface area contributed by atoms with Crippen LogP contribution < -0.4 is 0 Å². The highest BCUT2D eigenvalue weighted by Gasteiger charge is 2.73. The van der Waals surface area contributed by atoms with E-state index in [1.165, 1.54) is 13.8 Å². The number of benzene rings is 1. The molecule has 0 aromatic heterocycles. The predicted molar refractivity (Wildman–Crippen MR) is 93.4 cm³/mol. The van der Waals surface area contributed by atoms with E-state index in [2.05, 4.69) is 4.18 Å². The number of nitrogens with zero attached hydrogens (tertiary/aromatic N) is 1. The highest BCUT2D eigenvalue weighted by Crippen LogP contribution is 2.47. The van der Waals surface area contributed by atoms with Crippen LogP contribution in [0.3, 0.4) is 0 Å². The van der Waals surface area contributed by atoms with Crippen molar-refractivity contribution in [3.8, 4) is 0 Å². The Labute approximate surface area is 157 Å². The van der Waals surface area contributed by atoms with Crippen LogP contribution in [0.5, 0.6) is 0 Å². The van der Waals surface area contributed by atoms with E-state index in [1.54, 1.807) is 30.3 Å². The van der Waals surface area contributed by atoms with Crippen LogP contribution in [0.15, 0.2) is 30.3 Å². The molecule has 0 radical (unpaired) electrons. The molecular formula is C16H19NO8S2. The topological polar surface area (TPSA) is 124 Å². The van der Waals surface area contributed by atoms with Crippen LogP contribution >= 0.6 is 0 Å². The summed E-state index contributed by atoms with van der Waals surface area (Å²) in [4.78, 5) is 25.8. The van der Waals surface area contributed by atoms with E-state index in [-0.39, 0.29) is 6.61 Å². The van der Waals surface area contributed by atoms with Gasteiger partial charge in [0.25, 0.3) is 16.0 Å². The van der Waals surface area contributed by atoms with Gasteiger partial charge in [0, 0.05) is 0 Å². The Hall–Kier alpha value is -1.98. The first-order valence-electron chi connectivity index (χ1n) is 8.02. The highest BCUT2D eigenvalue weighted by atomic mass is 32.2. The van der Waals surface area contributed by atoms with Crippen molar-refractivity contribution in [1.82, 2.24) is 4.90 Å². The van der Waals surface area contributed by atoms with Crippen molar-refractivity contribution in [1.29, 1.82) is 0 Å². The minimum Gasteiger partial charge on any atom is -0.459 e. The number of fused-ring (bicyclic) bond motifs is 1. The second-order valence-electron chi connectivity index (χ2n) is 7.00. The number of hydrogen-bond acceptors (Lipinski definition) is 8. The van der Waals surface area contributed by atoms with Crippen LogP contribution in [0.2, 0.25) is 0 Å². The van der Waals surface area contributed by atoms with Crippen LogP contribution in [0.4, 0.5) is 0 Å². The summed E-state index contributed by atoms with van der Waals surface area (Å²) in [7, 11) is -8.14. The molecule has 1 aromatic rings. The van der Waals surface area contributed by atoms with Gasteiger partial charge in [0.05, 0.1) is 6.26 Å². The molecule has 1 amide bonds. The largest absolute Gasteiger partial charge is 0.459 e. The summed E-state index contributed by atoms with van der Waals surface area (Å²) in [5, 5.41) is -1.54. The standard InChI is InChI=1S/C16H19NO8S2/c1-16(2)12(15(19)24-9-10-7-5-4-6-8-10)17-13(18)11(25-26(3,20)21)14(17)27(16,22)23/h4-8,11-12,14H,9H2,1-3H3/t11-,12-,14+/m0/s1. The number of hydrogen-bond donors (Lipinski definition) is 0. The maximum absolute atomic E-state index is 12.8. The van der Waals surface area contributed by atoms with Crippen molar-refractivity contribution in [3.63, 3.8) is 0 Å². The summed E-state index contributed by atoms with van der Waals surface area (Å²) < 4.78 is 56.5. The number of β-lactam (4-membered cyclic amide) rings is 1. The average molecular weight is 417 g/mol. The zero-order valence-corrected chi connectivity index (χ0v) is 16.5. The average Bonchev–Trinajstić information content (AvgIpc) is 2.71. The van der Waals surface area contributed by atoms with Gasteiger partial charge in [-0.2, -0.15) is 8.42 Å². The van der Waals surface area contributed by atoms with Crippen LogP contribution in [0.1, 0.15) is 19.4 Å². The van der Waals surface area contributed by atoms with Gasteiger partial charge in [-0.3, -0.25) is 8.98 Å². The predicted octanol–water partition coefficient (Wildman–Crippen LogP) is -0.181. The van der Waals surface area contributed by atoms with Crippen molar-refractivity contribution in [2.24, 2.45) is 0 Å². The van der Waals surface area contributed by atoms with Crippen LogP contribution in [-0.2, 0) is 45.1 Å². The first kappa shape index (κ1) is 19.8. The fraction of sp³-hybridized carbons (Fsp3) is 0.500. The molecule has 1 aromatic carbocycles. The van der Waals surface area contributed by atoms with Gasteiger partial charge in [0.2, 0.25) is 0 Å². The SMILES string of the molecule is CC1(C)[C@H](C(=O)OCc2ccccc2)N2C(=O)[C@H](OS(C)(=O)=O)[C@H]2S1(=O)=O. The number of rotatable bonds is 5. The lowest BCUT2D eigenvalue weighted by atomic mass is 9.97. The molecular weight excluding hydrogens is 398 g/mol. The van der Waals surface area contributed by atoms with Crippen LogP contribution in [0.25, 0.3) is 0 Å². The van der Waals surface area contributed by atoms with Crippen LogP contribution in [0, 0.1) is 0 Å². The molecule has 11 heteroatoms.